The molecule has 0 saturated carbocycles. The molecule has 0 saturated heterocycles. The highest BCUT2D eigenvalue weighted by molar-refractivity contribution is 6.35. The second kappa shape index (κ2) is 6.85. The molecule has 0 aliphatic heterocycles. The molecular weight excluding hydrogens is 288 g/mol. The fraction of sp³-hybridized carbons (Fsp3) is 0.333. The van der Waals surface area contributed by atoms with Gasteiger partial charge in [-0.25, -0.2) is 0 Å². The number of carboxylic acid groups (broad SMARTS) is 1. The van der Waals surface area contributed by atoms with E-state index in [4.69, 9.17) is 16.7 Å². The Hall–Kier alpha value is -2.15. The number of nitro benzene ring substituents is 1. The average Bonchev–Trinajstić information content (AvgIpc) is 2.36. The van der Waals surface area contributed by atoms with Gasteiger partial charge in [0.2, 0.25) is 0 Å². The highest BCUT2D eigenvalue weighted by atomic mass is 35.5. The lowest BCUT2D eigenvalue weighted by atomic mass is 10.1. The van der Waals surface area contributed by atoms with Crippen LogP contribution in [0, 0.1) is 10.1 Å². The summed E-state index contributed by atoms with van der Waals surface area (Å²) in [4.78, 5) is 32.4. The van der Waals surface area contributed by atoms with Gasteiger partial charge in [-0.1, -0.05) is 17.7 Å². The maximum atomic E-state index is 11.9. The molecule has 1 aromatic carbocycles. The Balaban J connectivity index is 2.80. The Morgan fingerprint density at radius 2 is 2.15 bits per heavy atom. The topological polar surface area (TPSA) is 110 Å². The van der Waals surface area contributed by atoms with E-state index in [9.17, 15) is 19.7 Å². The largest absolute Gasteiger partial charge is 0.481 e. The first kappa shape index (κ1) is 15.9. The van der Waals surface area contributed by atoms with Crippen LogP contribution >= 0.6 is 11.6 Å². The number of carboxylic acids is 1. The quantitative estimate of drug-likeness (QED) is 0.618. The first-order valence-corrected chi connectivity index (χ1v) is 6.16. The van der Waals surface area contributed by atoms with E-state index in [0.29, 0.717) is 0 Å². The fourth-order valence-corrected chi connectivity index (χ4v) is 1.83. The van der Waals surface area contributed by atoms with E-state index in [2.05, 4.69) is 5.32 Å². The Kier molecular flexibility index (Phi) is 5.45. The van der Waals surface area contributed by atoms with Crippen LogP contribution in [0.5, 0.6) is 0 Å². The molecule has 7 nitrogen and oxygen atoms in total. The van der Waals surface area contributed by atoms with Crippen molar-refractivity contribution in [3.63, 3.8) is 0 Å². The highest BCUT2D eigenvalue weighted by Crippen LogP contribution is 2.27. The molecule has 0 heterocycles. The first-order valence-electron chi connectivity index (χ1n) is 5.78. The third-order valence-corrected chi connectivity index (χ3v) is 2.99. The van der Waals surface area contributed by atoms with Gasteiger partial charge in [0, 0.05) is 18.5 Å². The van der Waals surface area contributed by atoms with E-state index < -0.39 is 16.8 Å². The van der Waals surface area contributed by atoms with Crippen LogP contribution in [0.4, 0.5) is 5.69 Å². The van der Waals surface area contributed by atoms with Crippen molar-refractivity contribution in [1.82, 2.24) is 5.32 Å². The van der Waals surface area contributed by atoms with Crippen molar-refractivity contribution in [2.45, 2.75) is 25.8 Å². The van der Waals surface area contributed by atoms with Crippen LogP contribution in [-0.4, -0.2) is 27.9 Å². The normalized spacial score (nSPS) is 11.7. The fourth-order valence-electron chi connectivity index (χ4n) is 1.55. The lowest BCUT2D eigenvalue weighted by molar-refractivity contribution is -0.384. The van der Waals surface area contributed by atoms with Crippen molar-refractivity contribution in [1.29, 1.82) is 0 Å². The van der Waals surface area contributed by atoms with E-state index >= 15 is 0 Å². The SMILES string of the molecule is CC(CCC(=O)O)NC(=O)c1cccc([N+](=O)[O-])c1Cl. The molecule has 1 atom stereocenters. The molecule has 108 valence electrons. The molecule has 20 heavy (non-hydrogen) atoms. The number of hydrogen-bond acceptors (Lipinski definition) is 4. The van der Waals surface area contributed by atoms with Gasteiger partial charge in [0.05, 0.1) is 10.5 Å². The lowest BCUT2D eigenvalue weighted by Crippen LogP contribution is -2.33. The van der Waals surface area contributed by atoms with Crippen LogP contribution < -0.4 is 5.32 Å². The van der Waals surface area contributed by atoms with Gasteiger partial charge in [0.25, 0.3) is 11.6 Å². The molecular formula is C12H13ClN2O5. The zero-order chi connectivity index (χ0) is 15.3. The van der Waals surface area contributed by atoms with Crippen molar-refractivity contribution in [3.8, 4) is 0 Å². The van der Waals surface area contributed by atoms with Crippen molar-refractivity contribution >= 4 is 29.2 Å². The van der Waals surface area contributed by atoms with Crippen LogP contribution in [0.15, 0.2) is 18.2 Å². The van der Waals surface area contributed by atoms with Gasteiger partial charge in [-0.3, -0.25) is 19.7 Å². The van der Waals surface area contributed by atoms with Gasteiger partial charge in [-0.15, -0.1) is 0 Å². The molecule has 2 N–H and O–H groups in total. The highest BCUT2D eigenvalue weighted by Gasteiger charge is 2.20. The van der Waals surface area contributed by atoms with Crippen molar-refractivity contribution in [2.75, 3.05) is 0 Å². The Bertz CT molecular complexity index is 547. The van der Waals surface area contributed by atoms with Crippen LogP contribution in [0.25, 0.3) is 0 Å². The zero-order valence-electron chi connectivity index (χ0n) is 10.6. The third kappa shape index (κ3) is 4.20. The lowest BCUT2D eigenvalue weighted by Gasteiger charge is -2.13. The summed E-state index contributed by atoms with van der Waals surface area (Å²) in [5.74, 6) is -1.53. The number of rotatable bonds is 6. The van der Waals surface area contributed by atoms with Crippen molar-refractivity contribution < 1.29 is 19.6 Å². The molecule has 0 fully saturated rings. The summed E-state index contributed by atoms with van der Waals surface area (Å²) in [6.07, 6.45) is 0.178. The van der Waals surface area contributed by atoms with Crippen LogP contribution in [-0.2, 0) is 4.79 Å². The summed E-state index contributed by atoms with van der Waals surface area (Å²) in [6, 6.07) is 3.55. The summed E-state index contributed by atoms with van der Waals surface area (Å²) < 4.78 is 0. The number of nitrogens with one attached hydrogen (secondary N) is 1. The van der Waals surface area contributed by atoms with Crippen molar-refractivity contribution in [3.05, 3.63) is 38.9 Å². The summed E-state index contributed by atoms with van der Waals surface area (Å²) in [6.45, 7) is 1.64. The van der Waals surface area contributed by atoms with E-state index in [0.717, 1.165) is 0 Å². The smallest absolute Gasteiger partial charge is 0.303 e. The second-order valence-corrected chi connectivity index (χ2v) is 4.58. The third-order valence-electron chi connectivity index (χ3n) is 2.59. The maximum Gasteiger partial charge on any atom is 0.303 e. The van der Waals surface area contributed by atoms with E-state index in [-0.39, 0.29) is 35.2 Å². The van der Waals surface area contributed by atoms with Gasteiger partial charge in [0.1, 0.15) is 5.02 Å². The average molecular weight is 301 g/mol. The molecule has 1 amide bonds. The molecule has 1 aromatic rings. The number of hydrogen-bond donors (Lipinski definition) is 2. The number of amides is 1. The van der Waals surface area contributed by atoms with Gasteiger partial charge in [-0.2, -0.15) is 0 Å². The molecule has 0 radical (unpaired) electrons. The van der Waals surface area contributed by atoms with E-state index in [1.165, 1.54) is 18.2 Å². The number of benzene rings is 1. The van der Waals surface area contributed by atoms with E-state index in [1.54, 1.807) is 6.92 Å². The van der Waals surface area contributed by atoms with Crippen LogP contribution in [0.3, 0.4) is 0 Å². The molecule has 8 heteroatoms. The van der Waals surface area contributed by atoms with Gasteiger partial charge in [-0.05, 0) is 19.4 Å². The van der Waals surface area contributed by atoms with Gasteiger partial charge < -0.3 is 10.4 Å². The van der Waals surface area contributed by atoms with Crippen molar-refractivity contribution in [2.24, 2.45) is 0 Å². The predicted octanol–water partition coefficient (Wildman–Crippen LogP) is 2.23. The molecule has 0 aliphatic carbocycles. The van der Waals surface area contributed by atoms with Gasteiger partial charge >= 0.3 is 5.97 Å². The van der Waals surface area contributed by atoms with Crippen LogP contribution in [0.1, 0.15) is 30.1 Å². The minimum atomic E-state index is -0.959. The maximum absolute atomic E-state index is 11.9. The minimum Gasteiger partial charge on any atom is -0.481 e. The second-order valence-electron chi connectivity index (χ2n) is 4.20. The zero-order valence-corrected chi connectivity index (χ0v) is 11.4. The Labute approximate surface area is 119 Å². The Morgan fingerprint density at radius 3 is 2.70 bits per heavy atom. The molecule has 0 aromatic heterocycles. The predicted molar refractivity (Wildman–Crippen MR) is 71.9 cm³/mol. The summed E-state index contributed by atoms with van der Waals surface area (Å²) >= 11 is 5.81. The number of halogens is 1. The molecule has 1 rings (SSSR count). The number of carbonyl (C=O) groups is 2. The van der Waals surface area contributed by atoms with E-state index in [1.807, 2.05) is 0 Å². The molecule has 1 unspecified atom stereocenters. The molecule has 0 spiro atoms. The molecule has 0 bridgehead atoms. The number of carbonyl (C=O) groups excluding carboxylic acids is 1. The Morgan fingerprint density at radius 1 is 1.50 bits per heavy atom. The summed E-state index contributed by atoms with van der Waals surface area (Å²) in [5.41, 5.74) is -0.361. The summed E-state index contributed by atoms with van der Waals surface area (Å²) in [7, 11) is 0. The van der Waals surface area contributed by atoms with Crippen LogP contribution in [0.2, 0.25) is 5.02 Å². The number of nitro groups is 1. The van der Waals surface area contributed by atoms with Gasteiger partial charge in [0.15, 0.2) is 0 Å². The first-order chi connectivity index (χ1) is 9.32. The number of nitrogens with zero attached hydrogens (tertiary/aromatic N) is 1. The summed E-state index contributed by atoms with van der Waals surface area (Å²) in [5, 5.41) is 21.6. The monoisotopic (exact) mass is 300 g/mol. The standard InChI is InChI=1S/C12H13ClN2O5/c1-7(5-6-10(16)17)14-12(18)8-3-2-4-9(11(8)13)15(19)20/h2-4,7H,5-6H2,1H3,(H,14,18)(H,16,17). The molecule has 0 aliphatic rings. The minimum absolute atomic E-state index is 0.0111. The number of aliphatic carboxylic acids is 1.